The monoisotopic (exact) mass is 664 g/mol. The molecule has 47 heavy (non-hydrogen) atoms. The molecular weight excluding hydrogens is 630 g/mol. The van der Waals surface area contributed by atoms with Crippen molar-refractivity contribution >= 4 is 21.4 Å². The number of hydrogen-bond donors (Lipinski definition) is 1. The number of halogens is 2. The summed E-state index contributed by atoms with van der Waals surface area (Å²) in [5, 5.41) is 16.5. The molecule has 2 aromatic carbocycles. The molecule has 0 bridgehead atoms. The third-order valence-electron chi connectivity index (χ3n) is 7.86. The highest BCUT2D eigenvalue weighted by molar-refractivity contribution is 7.91. The largest absolute Gasteiger partial charge is 0.472 e. The predicted octanol–water partition coefficient (Wildman–Crippen LogP) is 5.02. The molecule has 1 amide bonds. The van der Waals surface area contributed by atoms with Crippen LogP contribution in [0.1, 0.15) is 47.3 Å². The molecule has 5 rings (SSSR count). The first kappa shape index (κ1) is 33.5. The first-order valence-electron chi connectivity index (χ1n) is 15.0. The topological polar surface area (TPSA) is 139 Å². The molecule has 1 saturated heterocycles. The van der Waals surface area contributed by atoms with E-state index in [1.165, 1.54) is 12.1 Å². The molecular formula is C33H34F2N6O5S. The zero-order valence-corrected chi connectivity index (χ0v) is 26.6. The van der Waals surface area contributed by atoms with Crippen LogP contribution >= 0.6 is 0 Å². The minimum absolute atomic E-state index is 0.0226. The Hall–Kier alpha value is -4.87. The number of nitriles is 1. The molecule has 0 spiro atoms. The van der Waals surface area contributed by atoms with Gasteiger partial charge < -0.3 is 19.7 Å². The molecule has 1 fully saturated rings. The number of pyridine rings is 1. The second kappa shape index (κ2) is 14.7. The van der Waals surface area contributed by atoms with Crippen LogP contribution in [0.2, 0.25) is 0 Å². The summed E-state index contributed by atoms with van der Waals surface area (Å²) in [6, 6.07) is 17.3. The lowest BCUT2D eigenvalue weighted by molar-refractivity contribution is -0.131. The smallest absolute Gasteiger partial charge is 0.345 e. The van der Waals surface area contributed by atoms with Gasteiger partial charge in [-0.2, -0.15) is 19.1 Å². The summed E-state index contributed by atoms with van der Waals surface area (Å²) in [4.78, 5) is 19.6. The highest BCUT2D eigenvalue weighted by Crippen LogP contribution is 2.29. The van der Waals surface area contributed by atoms with Crippen LogP contribution in [0.25, 0.3) is 5.69 Å². The van der Waals surface area contributed by atoms with E-state index in [1.54, 1.807) is 66.5 Å². The van der Waals surface area contributed by atoms with Crippen LogP contribution in [0.4, 0.5) is 14.5 Å². The van der Waals surface area contributed by atoms with Crippen LogP contribution in [-0.2, 0) is 14.6 Å². The molecule has 4 aromatic rings. The Kier molecular flexibility index (Phi) is 10.5. The average Bonchev–Trinajstić information content (AvgIpc) is 3.69. The molecule has 246 valence electrons. The van der Waals surface area contributed by atoms with Gasteiger partial charge in [-0.15, -0.1) is 0 Å². The summed E-state index contributed by atoms with van der Waals surface area (Å²) in [6.45, 7) is 0.729. The van der Waals surface area contributed by atoms with Crippen molar-refractivity contribution in [3.63, 3.8) is 0 Å². The number of amides is 1. The molecule has 1 aliphatic heterocycles. The van der Waals surface area contributed by atoms with Gasteiger partial charge in [0.2, 0.25) is 5.88 Å². The lowest BCUT2D eigenvalue weighted by atomic mass is 10.0. The fourth-order valence-corrected chi connectivity index (χ4v) is 6.27. The Morgan fingerprint density at radius 1 is 1.09 bits per heavy atom. The Labute approximate surface area is 271 Å². The first-order chi connectivity index (χ1) is 22.6. The Bertz CT molecular complexity index is 1810. The van der Waals surface area contributed by atoms with Gasteiger partial charge in [-0.3, -0.25) is 4.79 Å². The van der Waals surface area contributed by atoms with E-state index >= 15 is 0 Å². The molecule has 0 radical (unpaired) electrons. The van der Waals surface area contributed by atoms with E-state index in [0.29, 0.717) is 35.7 Å². The Morgan fingerprint density at radius 3 is 2.40 bits per heavy atom. The number of aryl methyl sites for hydroxylation is 1. The number of aromatic nitrogens is 3. The van der Waals surface area contributed by atoms with Crippen molar-refractivity contribution < 1.29 is 31.5 Å². The number of hydrogen-bond acceptors (Lipinski definition) is 9. The van der Waals surface area contributed by atoms with Crippen molar-refractivity contribution in [3.8, 4) is 17.6 Å². The standard InChI is InChI=1S/C33H34F2N6O5S/c1-3-47(43,44)29-11-6-23(7-12-29)30(14-15-36)39-32(42)24-4-8-25(9-5-24)40-20-28(16-27(40)21-45-33(34)35)46-31-13-10-26(18-37-31)41-19-22(2)17-38-41/h4-13,17-19,27-28,30,33H,3,14,16,20-21H2,1-2H3,(H,39,42)/t27-,28-,30-/m0/s1. The molecule has 3 heterocycles. The highest BCUT2D eigenvalue weighted by atomic mass is 32.2. The molecule has 0 saturated carbocycles. The van der Waals surface area contributed by atoms with Crippen molar-refractivity contribution in [2.24, 2.45) is 0 Å². The summed E-state index contributed by atoms with van der Waals surface area (Å²) in [5.41, 5.74) is 3.39. The van der Waals surface area contributed by atoms with Crippen molar-refractivity contribution in [2.45, 2.75) is 56.4 Å². The summed E-state index contributed by atoms with van der Waals surface area (Å²) in [7, 11) is -3.39. The fourth-order valence-electron chi connectivity index (χ4n) is 5.38. The normalized spacial score (nSPS) is 17.0. The van der Waals surface area contributed by atoms with Crippen LogP contribution in [0.3, 0.4) is 0 Å². The zero-order chi connectivity index (χ0) is 33.6. The number of benzene rings is 2. The first-order valence-corrected chi connectivity index (χ1v) is 16.6. The van der Waals surface area contributed by atoms with Crippen LogP contribution in [-0.4, -0.2) is 66.8 Å². The lowest BCUT2D eigenvalue weighted by Gasteiger charge is -2.26. The van der Waals surface area contributed by atoms with E-state index in [9.17, 15) is 27.3 Å². The van der Waals surface area contributed by atoms with E-state index in [2.05, 4.69) is 26.2 Å². The van der Waals surface area contributed by atoms with Gasteiger partial charge in [0.1, 0.15) is 6.10 Å². The van der Waals surface area contributed by atoms with Gasteiger partial charge in [0, 0.05) is 29.9 Å². The maximum Gasteiger partial charge on any atom is 0.345 e. The number of nitrogens with one attached hydrogen (secondary N) is 1. The molecule has 14 heteroatoms. The maximum absolute atomic E-state index is 13.2. The minimum atomic E-state index is -3.39. The molecule has 11 nitrogen and oxygen atoms in total. The van der Waals surface area contributed by atoms with E-state index in [4.69, 9.17) is 4.74 Å². The van der Waals surface area contributed by atoms with E-state index < -0.39 is 34.4 Å². The third kappa shape index (κ3) is 8.30. The number of anilines is 1. The molecule has 1 N–H and O–H groups in total. The van der Waals surface area contributed by atoms with Gasteiger partial charge in [0.15, 0.2) is 9.84 Å². The Balaban J connectivity index is 1.26. The van der Waals surface area contributed by atoms with Gasteiger partial charge in [-0.05, 0) is 60.5 Å². The summed E-state index contributed by atoms with van der Waals surface area (Å²) < 4.78 is 62.7. The van der Waals surface area contributed by atoms with E-state index in [0.717, 1.165) is 11.3 Å². The van der Waals surface area contributed by atoms with Gasteiger partial charge in [0.25, 0.3) is 5.91 Å². The molecule has 0 unspecified atom stereocenters. The Morgan fingerprint density at radius 2 is 1.81 bits per heavy atom. The van der Waals surface area contributed by atoms with Gasteiger partial charge >= 0.3 is 6.61 Å². The van der Waals surface area contributed by atoms with Crippen molar-refractivity contribution in [1.29, 1.82) is 5.26 Å². The molecule has 3 atom stereocenters. The molecule has 0 aliphatic carbocycles. The zero-order valence-electron chi connectivity index (χ0n) is 25.8. The lowest BCUT2D eigenvalue weighted by Crippen LogP contribution is -2.34. The molecule has 2 aromatic heterocycles. The SMILES string of the molecule is CCS(=O)(=O)c1ccc([C@H](CC#N)NC(=O)c2ccc(N3C[C@@H](Oc4ccc(-n5cc(C)cn5)cn4)C[C@H]3COC(F)F)cc2)cc1. The maximum atomic E-state index is 13.2. The number of sulfone groups is 1. The van der Waals surface area contributed by atoms with Gasteiger partial charge in [0.05, 0.1) is 66.5 Å². The average molecular weight is 665 g/mol. The second-order valence-corrected chi connectivity index (χ2v) is 13.4. The minimum Gasteiger partial charge on any atom is -0.472 e. The number of ether oxygens (including phenoxy) is 2. The summed E-state index contributed by atoms with van der Waals surface area (Å²) in [5.74, 6) is -0.0788. The molecule has 1 aliphatic rings. The number of nitrogens with zero attached hydrogens (tertiary/aromatic N) is 5. The predicted molar refractivity (Wildman–Crippen MR) is 169 cm³/mol. The second-order valence-electron chi connectivity index (χ2n) is 11.1. The highest BCUT2D eigenvalue weighted by Gasteiger charge is 2.35. The summed E-state index contributed by atoms with van der Waals surface area (Å²) >= 11 is 0. The van der Waals surface area contributed by atoms with Gasteiger partial charge in [-0.1, -0.05) is 19.1 Å². The van der Waals surface area contributed by atoms with Crippen molar-refractivity contribution in [2.75, 3.05) is 23.8 Å². The number of carbonyl (C=O) groups excluding carboxylic acids is 1. The van der Waals surface area contributed by atoms with Crippen LogP contribution in [0.5, 0.6) is 5.88 Å². The van der Waals surface area contributed by atoms with Crippen molar-refractivity contribution in [1.82, 2.24) is 20.1 Å². The third-order valence-corrected chi connectivity index (χ3v) is 9.61. The van der Waals surface area contributed by atoms with Crippen LogP contribution in [0.15, 0.2) is 84.1 Å². The van der Waals surface area contributed by atoms with Crippen LogP contribution in [0, 0.1) is 18.3 Å². The van der Waals surface area contributed by atoms with E-state index in [1.807, 2.05) is 24.1 Å². The number of alkyl halides is 2. The summed E-state index contributed by atoms with van der Waals surface area (Å²) in [6.07, 6.45) is 5.29. The number of carbonyl (C=O) groups is 1. The van der Waals surface area contributed by atoms with E-state index in [-0.39, 0.29) is 29.8 Å². The van der Waals surface area contributed by atoms with Crippen LogP contribution < -0.4 is 15.0 Å². The quantitative estimate of drug-likeness (QED) is 0.209. The fraction of sp³-hybridized carbons (Fsp3) is 0.333. The van der Waals surface area contributed by atoms with Crippen molar-refractivity contribution in [3.05, 3.63) is 95.9 Å². The van der Waals surface area contributed by atoms with Gasteiger partial charge in [-0.25, -0.2) is 18.1 Å². The number of rotatable bonds is 13.